The Morgan fingerprint density at radius 1 is 1.33 bits per heavy atom. The molecule has 5 nitrogen and oxygen atoms in total. The van der Waals surface area contributed by atoms with Crippen LogP contribution in [0.5, 0.6) is 0 Å². The SMILES string of the molecule is Nc1nccc2cc(CNC(=O)c3cc(S)c(COS)s3)ccc12. The van der Waals surface area contributed by atoms with Crippen LogP contribution >= 0.6 is 36.9 Å². The number of carbonyl (C=O) groups excluding carboxylic acids is 1. The summed E-state index contributed by atoms with van der Waals surface area (Å²) in [6.07, 6.45) is 1.67. The molecule has 24 heavy (non-hydrogen) atoms. The van der Waals surface area contributed by atoms with Gasteiger partial charge in [-0.2, -0.15) is 0 Å². The van der Waals surface area contributed by atoms with E-state index in [-0.39, 0.29) is 5.91 Å². The van der Waals surface area contributed by atoms with Crippen LogP contribution in [0.4, 0.5) is 5.82 Å². The molecule has 124 valence electrons. The van der Waals surface area contributed by atoms with Gasteiger partial charge in [-0.25, -0.2) is 4.98 Å². The highest BCUT2D eigenvalue weighted by Crippen LogP contribution is 2.27. The molecule has 0 atom stereocenters. The number of fused-ring (bicyclic) bond motifs is 1. The molecule has 0 aliphatic carbocycles. The first kappa shape index (κ1) is 17.1. The van der Waals surface area contributed by atoms with Crippen LogP contribution in [0.25, 0.3) is 10.8 Å². The van der Waals surface area contributed by atoms with Gasteiger partial charge in [0.25, 0.3) is 5.91 Å². The van der Waals surface area contributed by atoms with E-state index in [1.807, 2.05) is 24.3 Å². The number of hydrogen-bond acceptors (Lipinski definition) is 7. The van der Waals surface area contributed by atoms with Gasteiger partial charge >= 0.3 is 0 Å². The zero-order valence-corrected chi connectivity index (χ0v) is 15.1. The maximum absolute atomic E-state index is 12.3. The molecule has 0 saturated heterocycles. The Bertz CT molecular complexity index is 895. The number of thiophene rings is 1. The third-order valence-corrected chi connectivity index (χ3v) is 5.31. The van der Waals surface area contributed by atoms with Gasteiger partial charge in [0.1, 0.15) is 5.82 Å². The van der Waals surface area contributed by atoms with Crippen LogP contribution in [-0.2, 0) is 17.3 Å². The van der Waals surface area contributed by atoms with Crippen molar-refractivity contribution in [2.24, 2.45) is 0 Å². The second-order valence-corrected chi connectivity index (χ2v) is 7.00. The first-order chi connectivity index (χ1) is 11.6. The minimum atomic E-state index is -0.143. The first-order valence-electron chi connectivity index (χ1n) is 7.08. The van der Waals surface area contributed by atoms with Gasteiger partial charge in [0.05, 0.1) is 11.5 Å². The summed E-state index contributed by atoms with van der Waals surface area (Å²) in [5.41, 5.74) is 6.83. The van der Waals surface area contributed by atoms with Crippen LogP contribution in [0.3, 0.4) is 0 Å². The third kappa shape index (κ3) is 3.67. The number of nitrogens with one attached hydrogen (secondary N) is 1. The highest BCUT2D eigenvalue weighted by molar-refractivity contribution is 7.80. The van der Waals surface area contributed by atoms with Gasteiger partial charge in [-0.1, -0.05) is 12.1 Å². The number of pyridine rings is 1. The van der Waals surface area contributed by atoms with E-state index in [2.05, 4.69) is 35.8 Å². The lowest BCUT2D eigenvalue weighted by molar-refractivity contribution is 0.0955. The zero-order chi connectivity index (χ0) is 17.1. The number of nitrogens with zero attached hydrogens (tertiary/aromatic N) is 1. The minimum Gasteiger partial charge on any atom is -0.383 e. The summed E-state index contributed by atoms with van der Waals surface area (Å²) in [7, 11) is 0. The number of amides is 1. The van der Waals surface area contributed by atoms with Gasteiger partial charge < -0.3 is 15.2 Å². The van der Waals surface area contributed by atoms with E-state index in [4.69, 9.17) is 9.92 Å². The second kappa shape index (κ2) is 7.43. The number of carbonyl (C=O) groups is 1. The van der Waals surface area contributed by atoms with Crippen LogP contribution in [0, 0.1) is 0 Å². The van der Waals surface area contributed by atoms with Gasteiger partial charge in [-0.3, -0.25) is 4.79 Å². The summed E-state index contributed by atoms with van der Waals surface area (Å²) in [6, 6.07) is 9.47. The molecular weight excluding hydrogens is 362 g/mol. The molecular formula is C16H15N3O2S3. The molecule has 8 heteroatoms. The Labute approximate surface area is 154 Å². The van der Waals surface area contributed by atoms with E-state index >= 15 is 0 Å². The standard InChI is InChI=1S/C16H15N3O2S3/c17-15-11-2-1-9(5-10(11)3-4-18-15)7-19-16(20)13-6-12(22)14(24-13)8-21-23/h1-6,22-23H,7-8H2,(H2,17,18)(H,19,20). The molecule has 0 fully saturated rings. The van der Waals surface area contributed by atoms with Gasteiger partial charge in [0, 0.05) is 27.9 Å². The maximum atomic E-state index is 12.3. The monoisotopic (exact) mass is 377 g/mol. The normalized spacial score (nSPS) is 10.9. The number of thiol groups is 2. The Morgan fingerprint density at radius 2 is 2.17 bits per heavy atom. The van der Waals surface area contributed by atoms with Gasteiger partial charge in [-0.15, -0.1) is 24.0 Å². The minimum absolute atomic E-state index is 0.143. The lowest BCUT2D eigenvalue weighted by atomic mass is 10.1. The van der Waals surface area contributed by atoms with Crippen molar-refractivity contribution in [3.05, 3.63) is 51.8 Å². The quantitative estimate of drug-likeness (QED) is 0.406. The zero-order valence-electron chi connectivity index (χ0n) is 12.5. The van der Waals surface area contributed by atoms with Crippen LogP contribution in [0.1, 0.15) is 20.1 Å². The van der Waals surface area contributed by atoms with Crippen molar-refractivity contribution in [2.45, 2.75) is 18.0 Å². The Hall–Kier alpha value is -1.74. The Morgan fingerprint density at radius 3 is 2.96 bits per heavy atom. The fourth-order valence-electron chi connectivity index (χ4n) is 2.32. The molecule has 0 bridgehead atoms. The summed E-state index contributed by atoms with van der Waals surface area (Å²) in [5.74, 6) is 0.358. The van der Waals surface area contributed by atoms with E-state index < -0.39 is 0 Å². The van der Waals surface area contributed by atoms with Crippen molar-refractivity contribution in [1.29, 1.82) is 0 Å². The predicted molar refractivity (Wildman–Crippen MR) is 103 cm³/mol. The molecule has 0 aliphatic heterocycles. The molecule has 0 spiro atoms. The van der Waals surface area contributed by atoms with E-state index in [1.54, 1.807) is 12.3 Å². The lowest BCUT2D eigenvalue weighted by Crippen LogP contribution is -2.21. The molecule has 2 aromatic heterocycles. The van der Waals surface area contributed by atoms with E-state index in [0.29, 0.717) is 23.8 Å². The number of anilines is 1. The molecule has 2 heterocycles. The molecule has 3 rings (SSSR count). The fourth-order valence-corrected chi connectivity index (χ4v) is 3.85. The number of aromatic nitrogens is 1. The summed E-state index contributed by atoms with van der Waals surface area (Å²) in [4.78, 5) is 18.5. The molecule has 0 radical (unpaired) electrons. The van der Waals surface area contributed by atoms with E-state index in [9.17, 15) is 4.79 Å². The average Bonchev–Trinajstić information content (AvgIpc) is 2.94. The Balaban J connectivity index is 1.71. The van der Waals surface area contributed by atoms with E-state index in [0.717, 1.165) is 26.1 Å². The summed E-state index contributed by atoms with van der Waals surface area (Å²) in [5, 5.41) is 4.81. The molecule has 3 N–H and O–H groups in total. The van der Waals surface area contributed by atoms with Gasteiger partial charge in [0.2, 0.25) is 0 Å². The number of rotatable bonds is 5. The maximum Gasteiger partial charge on any atom is 0.261 e. The van der Waals surface area contributed by atoms with Crippen LogP contribution in [-0.4, -0.2) is 10.9 Å². The van der Waals surface area contributed by atoms with Crippen molar-refractivity contribution in [3.63, 3.8) is 0 Å². The Kier molecular flexibility index (Phi) is 5.30. The number of nitrogens with two attached hydrogens (primary N) is 1. The molecule has 1 aromatic carbocycles. The van der Waals surface area contributed by atoms with Crippen molar-refractivity contribution < 1.29 is 8.98 Å². The largest absolute Gasteiger partial charge is 0.383 e. The molecule has 1 amide bonds. The third-order valence-electron chi connectivity index (χ3n) is 3.52. The topological polar surface area (TPSA) is 77.2 Å². The lowest BCUT2D eigenvalue weighted by Gasteiger charge is -2.06. The first-order valence-corrected chi connectivity index (χ1v) is 8.70. The van der Waals surface area contributed by atoms with Crippen LogP contribution in [0.15, 0.2) is 41.4 Å². The highest BCUT2D eigenvalue weighted by Gasteiger charge is 2.13. The molecule has 0 unspecified atom stereocenters. The summed E-state index contributed by atoms with van der Waals surface area (Å²) in [6.45, 7) is 0.745. The smallest absolute Gasteiger partial charge is 0.261 e. The van der Waals surface area contributed by atoms with Gasteiger partial charge in [-0.05, 0) is 42.1 Å². The summed E-state index contributed by atoms with van der Waals surface area (Å²) < 4.78 is 4.79. The second-order valence-electron chi connectivity index (χ2n) is 5.13. The number of benzene rings is 1. The fraction of sp³-hybridized carbons (Fsp3) is 0.125. The van der Waals surface area contributed by atoms with Crippen LogP contribution in [0.2, 0.25) is 0 Å². The molecule has 3 aromatic rings. The predicted octanol–water partition coefficient (Wildman–Crippen LogP) is 3.46. The molecule has 0 aliphatic rings. The van der Waals surface area contributed by atoms with Gasteiger partial charge in [0.15, 0.2) is 0 Å². The van der Waals surface area contributed by atoms with E-state index in [1.165, 1.54) is 11.3 Å². The number of hydrogen-bond donors (Lipinski definition) is 4. The van der Waals surface area contributed by atoms with Crippen molar-refractivity contribution >= 4 is 59.4 Å². The molecule has 0 saturated carbocycles. The highest BCUT2D eigenvalue weighted by atomic mass is 32.1. The average molecular weight is 378 g/mol. The van der Waals surface area contributed by atoms with Crippen molar-refractivity contribution in [2.75, 3.05) is 5.73 Å². The number of nitrogen functional groups attached to an aromatic ring is 1. The van der Waals surface area contributed by atoms with Crippen LogP contribution < -0.4 is 11.1 Å². The van der Waals surface area contributed by atoms with Crippen molar-refractivity contribution in [3.8, 4) is 0 Å². The summed E-state index contributed by atoms with van der Waals surface area (Å²) >= 11 is 9.40. The van der Waals surface area contributed by atoms with Crippen molar-refractivity contribution in [1.82, 2.24) is 10.3 Å².